The van der Waals surface area contributed by atoms with Crippen LogP contribution in [-0.4, -0.2) is 42.7 Å². The summed E-state index contributed by atoms with van der Waals surface area (Å²) < 4.78 is 5.52. The first kappa shape index (κ1) is 17.2. The van der Waals surface area contributed by atoms with E-state index in [1.165, 1.54) is 13.5 Å². The topological polar surface area (TPSA) is 59.0 Å². The zero-order valence-electron chi connectivity index (χ0n) is 12.8. The summed E-state index contributed by atoms with van der Waals surface area (Å²) in [5, 5.41) is 0. The van der Waals surface area contributed by atoms with Gasteiger partial charge in [0, 0.05) is 29.2 Å². The van der Waals surface area contributed by atoms with Crippen LogP contribution in [0.1, 0.15) is 29.6 Å². The van der Waals surface area contributed by atoms with Crippen LogP contribution in [0.4, 0.5) is 0 Å². The summed E-state index contributed by atoms with van der Waals surface area (Å²) in [5.74, 6) is 1.44. The van der Waals surface area contributed by atoms with Gasteiger partial charge in [-0.3, -0.25) is 4.79 Å². The molecule has 5 nitrogen and oxygen atoms in total. The number of carbonyl (C=O) groups is 2. The van der Waals surface area contributed by atoms with E-state index in [1.54, 1.807) is 24.3 Å². The molecule has 1 saturated heterocycles. The molecular weight excluding hydrogens is 360 g/mol. The molecule has 0 N–H and O–H groups in total. The van der Waals surface area contributed by atoms with Crippen molar-refractivity contribution in [2.75, 3.05) is 20.2 Å². The maximum absolute atomic E-state index is 12.1. The Hall–Kier alpha value is -2.13. The van der Waals surface area contributed by atoms with Crippen LogP contribution in [0.3, 0.4) is 0 Å². The molecule has 1 aromatic carbocycles. The second-order valence-corrected chi connectivity index (χ2v) is 5.96. The highest BCUT2D eigenvalue weighted by molar-refractivity contribution is 9.10. The molecule has 120 valence electrons. The van der Waals surface area contributed by atoms with Crippen LogP contribution in [0, 0.1) is 12.0 Å². The highest BCUT2D eigenvalue weighted by Crippen LogP contribution is 2.11. The lowest BCUT2D eigenvalue weighted by Gasteiger charge is -2.21. The molecule has 23 heavy (non-hydrogen) atoms. The van der Waals surface area contributed by atoms with E-state index < -0.39 is 11.9 Å². The van der Waals surface area contributed by atoms with E-state index in [0.29, 0.717) is 5.56 Å². The van der Waals surface area contributed by atoms with Crippen LogP contribution in [0.25, 0.3) is 0 Å². The Kier molecular flexibility index (Phi) is 6.36. The average molecular weight is 377 g/mol. The van der Waals surface area contributed by atoms with Gasteiger partial charge in [-0.2, -0.15) is 4.99 Å². The average Bonchev–Trinajstić information content (AvgIpc) is 2.59. The number of rotatable bonds is 2. The summed E-state index contributed by atoms with van der Waals surface area (Å²) in [6, 6.07) is 9.62. The molecule has 0 aliphatic carbocycles. The minimum Gasteiger partial charge on any atom is -0.464 e. The molecule has 0 bridgehead atoms. The van der Waals surface area contributed by atoms with Gasteiger partial charge in [0.25, 0.3) is 5.91 Å². The molecule has 1 aromatic rings. The number of halogens is 1. The summed E-state index contributed by atoms with van der Waals surface area (Å²) in [4.78, 5) is 29.7. The zero-order valence-corrected chi connectivity index (χ0v) is 14.4. The fraction of sp³-hybridized carbons (Fsp3) is 0.353. The Bertz CT molecular complexity index is 665. The van der Waals surface area contributed by atoms with E-state index in [1.807, 2.05) is 4.90 Å². The summed E-state index contributed by atoms with van der Waals surface area (Å²) in [5.41, 5.74) is 0.209. The molecule has 2 rings (SSSR count). The molecule has 1 fully saturated rings. The molecule has 1 aliphatic rings. The molecule has 1 amide bonds. The molecule has 0 atom stereocenters. The Morgan fingerprint density at radius 3 is 2.43 bits per heavy atom. The Labute approximate surface area is 143 Å². The number of likely N-dealkylation sites (tertiary alicyclic amines) is 1. The Morgan fingerprint density at radius 1 is 1.17 bits per heavy atom. The van der Waals surface area contributed by atoms with Crippen LogP contribution in [0.5, 0.6) is 0 Å². The summed E-state index contributed by atoms with van der Waals surface area (Å²) in [6.45, 7) is 1.73. The van der Waals surface area contributed by atoms with E-state index in [0.717, 1.165) is 30.4 Å². The molecule has 0 spiro atoms. The smallest absolute Gasteiger partial charge is 0.365 e. The Morgan fingerprint density at radius 2 is 1.83 bits per heavy atom. The fourth-order valence-corrected chi connectivity index (χ4v) is 2.38. The van der Waals surface area contributed by atoms with Crippen molar-refractivity contribution in [3.63, 3.8) is 0 Å². The van der Waals surface area contributed by atoms with Gasteiger partial charge in [-0.05, 0) is 49.4 Å². The van der Waals surface area contributed by atoms with Crippen LogP contribution in [0.15, 0.2) is 33.7 Å². The molecule has 6 heteroatoms. The first-order valence-corrected chi connectivity index (χ1v) is 8.13. The second-order valence-electron chi connectivity index (χ2n) is 5.05. The Balaban J connectivity index is 2.20. The van der Waals surface area contributed by atoms with Gasteiger partial charge in [0.05, 0.1) is 7.11 Å². The monoisotopic (exact) mass is 376 g/mol. The number of ether oxygens (including phenoxy) is 1. The van der Waals surface area contributed by atoms with Gasteiger partial charge in [0.1, 0.15) is 0 Å². The third kappa shape index (κ3) is 5.22. The highest BCUT2D eigenvalue weighted by atomic mass is 79.9. The summed E-state index contributed by atoms with van der Waals surface area (Å²) in [6.07, 6.45) is 3.35. The van der Waals surface area contributed by atoms with E-state index in [2.05, 4.69) is 37.6 Å². The predicted molar refractivity (Wildman–Crippen MR) is 91.1 cm³/mol. The van der Waals surface area contributed by atoms with Crippen LogP contribution in [-0.2, 0) is 9.53 Å². The molecule has 0 aromatic heterocycles. The van der Waals surface area contributed by atoms with Gasteiger partial charge in [0.2, 0.25) is 5.71 Å². The molecular formula is C17H17BrN2O3. The normalized spacial score (nSPS) is 14.7. The van der Waals surface area contributed by atoms with Crippen molar-refractivity contribution >= 4 is 33.5 Å². The number of hydrogen-bond donors (Lipinski definition) is 0. The molecule has 0 unspecified atom stereocenters. The lowest BCUT2D eigenvalue weighted by atomic mass is 10.1. The summed E-state index contributed by atoms with van der Waals surface area (Å²) >= 11 is 3.30. The number of esters is 1. The number of aliphatic imine (C=N–C) groups is 1. The predicted octanol–water partition coefficient (Wildman–Crippen LogP) is 2.65. The number of benzene rings is 1. The highest BCUT2D eigenvalue weighted by Gasteiger charge is 2.14. The number of carbonyl (C=O) groups excluding carboxylic acids is 2. The third-order valence-electron chi connectivity index (χ3n) is 3.37. The largest absolute Gasteiger partial charge is 0.464 e. The second kappa shape index (κ2) is 8.49. The summed E-state index contributed by atoms with van der Waals surface area (Å²) in [7, 11) is 1.24. The van der Waals surface area contributed by atoms with Crippen molar-refractivity contribution in [2.24, 2.45) is 4.99 Å². The van der Waals surface area contributed by atoms with Crippen molar-refractivity contribution < 1.29 is 14.3 Å². The van der Waals surface area contributed by atoms with Crippen LogP contribution in [0.2, 0.25) is 0 Å². The van der Waals surface area contributed by atoms with Gasteiger partial charge >= 0.3 is 5.97 Å². The van der Waals surface area contributed by atoms with Crippen LogP contribution >= 0.6 is 15.9 Å². The van der Waals surface area contributed by atoms with Crippen molar-refractivity contribution in [3.05, 3.63) is 34.3 Å². The molecule has 0 radical (unpaired) electrons. The minimum atomic E-state index is -0.708. The third-order valence-corrected chi connectivity index (χ3v) is 3.90. The molecule has 1 aliphatic heterocycles. The number of amides is 1. The van der Waals surface area contributed by atoms with Gasteiger partial charge in [-0.15, -0.1) is 0 Å². The number of methoxy groups -OCH3 is 1. The maximum Gasteiger partial charge on any atom is 0.365 e. The van der Waals surface area contributed by atoms with Gasteiger partial charge < -0.3 is 9.64 Å². The van der Waals surface area contributed by atoms with E-state index in [4.69, 9.17) is 0 Å². The zero-order chi connectivity index (χ0) is 16.7. The number of hydrogen-bond acceptors (Lipinski definition) is 4. The van der Waals surface area contributed by atoms with Crippen molar-refractivity contribution in [1.29, 1.82) is 0 Å². The van der Waals surface area contributed by atoms with Crippen LogP contribution < -0.4 is 0 Å². The van der Waals surface area contributed by atoms with Gasteiger partial charge in [0.15, 0.2) is 0 Å². The first-order chi connectivity index (χ1) is 11.1. The molecule has 1 heterocycles. The number of piperidine rings is 1. The van der Waals surface area contributed by atoms with E-state index in [-0.39, 0.29) is 5.71 Å². The van der Waals surface area contributed by atoms with Crippen molar-refractivity contribution in [1.82, 2.24) is 4.90 Å². The van der Waals surface area contributed by atoms with Gasteiger partial charge in [-0.1, -0.05) is 15.9 Å². The fourth-order valence-electron chi connectivity index (χ4n) is 2.12. The first-order valence-electron chi connectivity index (χ1n) is 7.33. The van der Waals surface area contributed by atoms with E-state index in [9.17, 15) is 9.59 Å². The van der Waals surface area contributed by atoms with Crippen molar-refractivity contribution in [3.8, 4) is 12.0 Å². The molecule has 0 saturated carbocycles. The lowest BCUT2D eigenvalue weighted by Crippen LogP contribution is -2.25. The van der Waals surface area contributed by atoms with Gasteiger partial charge in [-0.25, -0.2) is 4.79 Å². The minimum absolute atomic E-state index is 0.175. The van der Waals surface area contributed by atoms with E-state index >= 15 is 0 Å². The lowest BCUT2D eigenvalue weighted by molar-refractivity contribution is -0.132. The SMILES string of the molecule is COC(=O)C(C#CN1CCCCC1)=NC(=O)c1ccc(Br)cc1. The maximum atomic E-state index is 12.1. The number of nitrogens with zero attached hydrogens (tertiary/aromatic N) is 2. The van der Waals surface area contributed by atoms with Crippen molar-refractivity contribution in [2.45, 2.75) is 19.3 Å². The quantitative estimate of drug-likeness (QED) is 0.452. The standard InChI is InChI=1S/C17H17BrN2O3/c1-23-17(22)15(9-12-20-10-3-2-4-11-20)19-16(21)13-5-7-14(18)8-6-13/h5-8H,2-4,10-11H2,1H3.